The quantitative estimate of drug-likeness (QED) is 0.613. The smallest absolute Gasteiger partial charge is 0.462 e. The molecule has 0 heterocycles. The number of alkyl halides is 3. The van der Waals surface area contributed by atoms with Crippen LogP contribution in [0.2, 0.25) is 0 Å². The predicted molar refractivity (Wildman–Crippen MR) is 49.0 cm³/mol. The first kappa shape index (κ1) is 13.3. The van der Waals surface area contributed by atoms with Crippen molar-refractivity contribution in [3.63, 3.8) is 0 Å². The summed E-state index contributed by atoms with van der Waals surface area (Å²) in [6.45, 7) is 1.48. The minimum absolute atomic E-state index is 0.0113. The minimum atomic E-state index is -4.90. The van der Waals surface area contributed by atoms with Crippen LogP contribution in [0.1, 0.15) is 17.3 Å². The molecule has 1 aromatic carbocycles. The molecule has 0 saturated carbocycles. The Morgan fingerprint density at radius 1 is 1.35 bits per heavy atom. The lowest BCUT2D eigenvalue weighted by molar-refractivity contribution is -0.274. The molecule has 0 amide bonds. The van der Waals surface area contributed by atoms with Crippen molar-refractivity contribution in [1.29, 1.82) is 0 Å². The fourth-order valence-corrected chi connectivity index (χ4v) is 1.07. The Hall–Kier alpha value is -1.79. The fourth-order valence-electron chi connectivity index (χ4n) is 1.07. The van der Waals surface area contributed by atoms with E-state index in [1.807, 2.05) is 0 Å². The van der Waals surface area contributed by atoms with Gasteiger partial charge in [-0.3, -0.25) is 0 Å². The molecule has 0 aromatic heterocycles. The van der Waals surface area contributed by atoms with Gasteiger partial charge >= 0.3 is 12.3 Å². The Morgan fingerprint density at radius 3 is 2.53 bits per heavy atom. The Kier molecular flexibility index (Phi) is 3.93. The Morgan fingerprint density at radius 2 is 2.00 bits per heavy atom. The van der Waals surface area contributed by atoms with Gasteiger partial charge in [-0.15, -0.1) is 13.2 Å². The van der Waals surface area contributed by atoms with Gasteiger partial charge in [0.05, 0.1) is 12.2 Å². The molecule has 3 nitrogen and oxygen atoms in total. The minimum Gasteiger partial charge on any atom is -0.462 e. The molecule has 0 aliphatic rings. The van der Waals surface area contributed by atoms with Crippen LogP contribution in [0.25, 0.3) is 0 Å². The third-order valence-electron chi connectivity index (χ3n) is 1.67. The lowest BCUT2D eigenvalue weighted by Crippen LogP contribution is -2.17. The first-order chi connectivity index (χ1) is 7.83. The summed E-state index contributed by atoms with van der Waals surface area (Å²) in [4.78, 5) is 11.2. The zero-order valence-corrected chi connectivity index (χ0v) is 8.68. The second-order valence-electron chi connectivity index (χ2n) is 2.91. The van der Waals surface area contributed by atoms with Crippen LogP contribution in [-0.2, 0) is 4.74 Å². The molecule has 0 aliphatic carbocycles. The van der Waals surface area contributed by atoms with Crippen molar-refractivity contribution < 1.29 is 31.8 Å². The van der Waals surface area contributed by atoms with Gasteiger partial charge in [0.2, 0.25) is 0 Å². The summed E-state index contributed by atoms with van der Waals surface area (Å²) in [5.74, 6) is -2.70. The zero-order chi connectivity index (χ0) is 13.1. The SMILES string of the molecule is CCOC(=O)c1cc(OC(F)(F)F)ccc1F. The average molecular weight is 252 g/mol. The number of halogens is 4. The highest BCUT2D eigenvalue weighted by atomic mass is 19.4. The molecule has 0 spiro atoms. The van der Waals surface area contributed by atoms with E-state index in [0.29, 0.717) is 12.1 Å². The molecule has 7 heteroatoms. The summed E-state index contributed by atoms with van der Waals surface area (Å²) in [6.07, 6.45) is -4.90. The Balaban J connectivity index is 2.98. The molecule has 0 atom stereocenters. The fraction of sp³-hybridized carbons (Fsp3) is 0.300. The average Bonchev–Trinajstić information content (AvgIpc) is 2.19. The molecule has 0 saturated heterocycles. The van der Waals surface area contributed by atoms with E-state index in [4.69, 9.17) is 0 Å². The van der Waals surface area contributed by atoms with Crippen molar-refractivity contribution in [3.8, 4) is 5.75 Å². The van der Waals surface area contributed by atoms with Crippen LogP contribution < -0.4 is 4.74 Å². The summed E-state index contributed by atoms with van der Waals surface area (Å²) >= 11 is 0. The highest BCUT2D eigenvalue weighted by Crippen LogP contribution is 2.24. The third-order valence-corrected chi connectivity index (χ3v) is 1.67. The molecular weight excluding hydrogens is 244 g/mol. The van der Waals surface area contributed by atoms with E-state index >= 15 is 0 Å². The molecule has 0 fully saturated rings. The second-order valence-corrected chi connectivity index (χ2v) is 2.91. The monoisotopic (exact) mass is 252 g/mol. The molecular formula is C10H8F4O3. The van der Waals surface area contributed by atoms with Crippen LogP contribution in [0.3, 0.4) is 0 Å². The largest absolute Gasteiger partial charge is 0.573 e. The molecule has 17 heavy (non-hydrogen) atoms. The summed E-state index contributed by atoms with van der Waals surface area (Å²) in [7, 11) is 0. The normalized spacial score (nSPS) is 11.1. The summed E-state index contributed by atoms with van der Waals surface area (Å²) in [6, 6.07) is 2.11. The van der Waals surface area contributed by atoms with Gasteiger partial charge in [0, 0.05) is 0 Å². The number of rotatable bonds is 3. The van der Waals surface area contributed by atoms with E-state index in [9.17, 15) is 22.4 Å². The molecule has 0 aliphatic heterocycles. The number of benzene rings is 1. The molecule has 0 unspecified atom stereocenters. The number of carbonyl (C=O) groups excluding carboxylic acids is 1. The van der Waals surface area contributed by atoms with E-state index < -0.39 is 29.5 Å². The van der Waals surface area contributed by atoms with E-state index in [2.05, 4.69) is 9.47 Å². The van der Waals surface area contributed by atoms with Crippen molar-refractivity contribution in [1.82, 2.24) is 0 Å². The summed E-state index contributed by atoms with van der Waals surface area (Å²) < 4.78 is 56.8. The van der Waals surface area contributed by atoms with E-state index in [1.165, 1.54) is 6.92 Å². The van der Waals surface area contributed by atoms with Crippen molar-refractivity contribution in [2.75, 3.05) is 6.61 Å². The number of hydrogen-bond acceptors (Lipinski definition) is 3. The van der Waals surface area contributed by atoms with Crippen LogP contribution in [0, 0.1) is 5.82 Å². The molecule has 94 valence electrons. The van der Waals surface area contributed by atoms with Gasteiger partial charge in [0.1, 0.15) is 11.6 Å². The van der Waals surface area contributed by atoms with Crippen molar-refractivity contribution in [3.05, 3.63) is 29.6 Å². The standard InChI is InChI=1S/C10H8F4O3/c1-2-16-9(15)7-5-6(3-4-8(7)11)17-10(12,13)14/h3-5H,2H2,1H3. The topological polar surface area (TPSA) is 35.5 Å². The lowest BCUT2D eigenvalue weighted by Gasteiger charge is -2.10. The molecule has 0 N–H and O–H groups in total. The van der Waals surface area contributed by atoms with Crippen LogP contribution in [0.4, 0.5) is 17.6 Å². The van der Waals surface area contributed by atoms with Gasteiger partial charge in [0.25, 0.3) is 0 Å². The van der Waals surface area contributed by atoms with Crippen molar-refractivity contribution in [2.45, 2.75) is 13.3 Å². The number of hydrogen-bond donors (Lipinski definition) is 0. The van der Waals surface area contributed by atoms with E-state index in [1.54, 1.807) is 0 Å². The molecule has 1 rings (SSSR count). The van der Waals surface area contributed by atoms with Crippen molar-refractivity contribution in [2.24, 2.45) is 0 Å². The molecule has 0 radical (unpaired) electrons. The van der Waals surface area contributed by atoms with Gasteiger partial charge in [-0.05, 0) is 25.1 Å². The maximum absolute atomic E-state index is 13.1. The zero-order valence-electron chi connectivity index (χ0n) is 8.68. The first-order valence-electron chi connectivity index (χ1n) is 4.56. The van der Waals surface area contributed by atoms with Crippen LogP contribution in [0.15, 0.2) is 18.2 Å². The van der Waals surface area contributed by atoms with Gasteiger partial charge in [-0.1, -0.05) is 0 Å². The highest BCUT2D eigenvalue weighted by Gasteiger charge is 2.31. The molecule has 1 aromatic rings. The Labute approximate surface area is 93.9 Å². The highest BCUT2D eigenvalue weighted by molar-refractivity contribution is 5.90. The van der Waals surface area contributed by atoms with Crippen LogP contribution >= 0.6 is 0 Å². The Bertz CT molecular complexity index is 415. The van der Waals surface area contributed by atoms with E-state index in [-0.39, 0.29) is 6.61 Å². The lowest BCUT2D eigenvalue weighted by atomic mass is 10.2. The maximum Gasteiger partial charge on any atom is 0.573 e. The van der Waals surface area contributed by atoms with Gasteiger partial charge in [-0.2, -0.15) is 0 Å². The maximum atomic E-state index is 13.1. The third kappa shape index (κ3) is 3.93. The summed E-state index contributed by atoms with van der Waals surface area (Å²) in [5, 5.41) is 0. The summed E-state index contributed by atoms with van der Waals surface area (Å²) in [5.41, 5.74) is -0.603. The van der Waals surface area contributed by atoms with Gasteiger partial charge in [0.15, 0.2) is 0 Å². The van der Waals surface area contributed by atoms with Crippen LogP contribution in [0.5, 0.6) is 5.75 Å². The number of carbonyl (C=O) groups is 1. The van der Waals surface area contributed by atoms with Gasteiger partial charge in [-0.25, -0.2) is 9.18 Å². The predicted octanol–water partition coefficient (Wildman–Crippen LogP) is 2.90. The first-order valence-corrected chi connectivity index (χ1v) is 4.56. The number of esters is 1. The number of ether oxygens (including phenoxy) is 2. The van der Waals surface area contributed by atoms with Gasteiger partial charge < -0.3 is 9.47 Å². The van der Waals surface area contributed by atoms with E-state index in [0.717, 1.165) is 6.07 Å². The van der Waals surface area contributed by atoms with Crippen molar-refractivity contribution >= 4 is 5.97 Å². The molecule has 0 bridgehead atoms. The second kappa shape index (κ2) is 5.03. The van der Waals surface area contributed by atoms with Crippen LogP contribution in [-0.4, -0.2) is 18.9 Å².